The molecule has 1 heterocycles. The minimum absolute atomic E-state index is 0.274. The molecule has 0 amide bonds. The Morgan fingerprint density at radius 1 is 1.35 bits per heavy atom. The summed E-state index contributed by atoms with van der Waals surface area (Å²) in [6.45, 7) is 2.63. The molecule has 1 aromatic heterocycles. The molecule has 6 heteroatoms. The SMILES string of the molecule is COc1cc(Cl)cc(CCN)c1OCc1cc(C)no1. The predicted molar refractivity (Wildman–Crippen MR) is 76.3 cm³/mol. The van der Waals surface area contributed by atoms with E-state index in [0.717, 1.165) is 11.3 Å². The van der Waals surface area contributed by atoms with E-state index in [2.05, 4.69) is 5.16 Å². The van der Waals surface area contributed by atoms with Gasteiger partial charge in [-0.1, -0.05) is 16.8 Å². The van der Waals surface area contributed by atoms with Crippen molar-refractivity contribution >= 4 is 11.6 Å². The number of methoxy groups -OCH3 is 1. The fourth-order valence-corrected chi connectivity index (χ4v) is 2.14. The van der Waals surface area contributed by atoms with Gasteiger partial charge in [-0.25, -0.2) is 0 Å². The lowest BCUT2D eigenvalue weighted by Gasteiger charge is -2.14. The van der Waals surface area contributed by atoms with Crippen molar-refractivity contribution in [1.82, 2.24) is 5.16 Å². The van der Waals surface area contributed by atoms with Crippen molar-refractivity contribution in [3.8, 4) is 11.5 Å². The van der Waals surface area contributed by atoms with Gasteiger partial charge in [0.2, 0.25) is 0 Å². The molecule has 20 heavy (non-hydrogen) atoms. The highest BCUT2D eigenvalue weighted by Gasteiger charge is 2.13. The van der Waals surface area contributed by atoms with Crippen LogP contribution in [0.5, 0.6) is 11.5 Å². The van der Waals surface area contributed by atoms with Crippen molar-refractivity contribution in [2.24, 2.45) is 5.73 Å². The Morgan fingerprint density at radius 3 is 2.75 bits per heavy atom. The molecule has 0 atom stereocenters. The molecule has 108 valence electrons. The van der Waals surface area contributed by atoms with E-state index in [1.54, 1.807) is 13.2 Å². The molecule has 5 nitrogen and oxygen atoms in total. The minimum atomic E-state index is 0.274. The first-order valence-corrected chi connectivity index (χ1v) is 6.63. The van der Waals surface area contributed by atoms with Gasteiger partial charge in [0.05, 0.1) is 12.8 Å². The molecule has 0 saturated carbocycles. The second kappa shape index (κ2) is 6.63. The van der Waals surface area contributed by atoms with E-state index in [4.69, 9.17) is 31.3 Å². The number of ether oxygens (including phenoxy) is 2. The van der Waals surface area contributed by atoms with E-state index < -0.39 is 0 Å². The fourth-order valence-electron chi connectivity index (χ4n) is 1.91. The number of aryl methyl sites for hydroxylation is 1. The molecule has 0 spiro atoms. The Labute approximate surface area is 122 Å². The average molecular weight is 297 g/mol. The predicted octanol–water partition coefficient (Wildman–Crippen LogP) is 2.73. The van der Waals surface area contributed by atoms with Crippen molar-refractivity contribution < 1.29 is 14.0 Å². The quantitative estimate of drug-likeness (QED) is 0.887. The van der Waals surface area contributed by atoms with Gasteiger partial charge in [0.25, 0.3) is 0 Å². The second-order valence-corrected chi connectivity index (χ2v) is 4.79. The van der Waals surface area contributed by atoms with Gasteiger partial charge < -0.3 is 19.7 Å². The normalized spacial score (nSPS) is 10.6. The lowest BCUT2D eigenvalue weighted by Crippen LogP contribution is -2.06. The number of hydrogen-bond acceptors (Lipinski definition) is 5. The maximum atomic E-state index is 6.05. The maximum absolute atomic E-state index is 6.05. The third-order valence-corrected chi connectivity index (χ3v) is 2.98. The van der Waals surface area contributed by atoms with E-state index in [0.29, 0.717) is 35.2 Å². The van der Waals surface area contributed by atoms with E-state index in [1.165, 1.54) is 0 Å². The van der Waals surface area contributed by atoms with Gasteiger partial charge in [-0.15, -0.1) is 0 Å². The molecule has 1 aromatic carbocycles. The highest BCUT2D eigenvalue weighted by molar-refractivity contribution is 6.30. The van der Waals surface area contributed by atoms with E-state index in [9.17, 15) is 0 Å². The average Bonchev–Trinajstić information content (AvgIpc) is 2.83. The Morgan fingerprint density at radius 2 is 2.15 bits per heavy atom. The van der Waals surface area contributed by atoms with Crippen LogP contribution in [0.15, 0.2) is 22.7 Å². The number of benzene rings is 1. The van der Waals surface area contributed by atoms with Crippen molar-refractivity contribution in [3.63, 3.8) is 0 Å². The van der Waals surface area contributed by atoms with Crippen LogP contribution in [0.3, 0.4) is 0 Å². The van der Waals surface area contributed by atoms with Gasteiger partial charge in [-0.3, -0.25) is 0 Å². The Balaban J connectivity index is 2.23. The molecule has 0 bridgehead atoms. The molecule has 0 aliphatic heterocycles. The monoisotopic (exact) mass is 296 g/mol. The van der Waals surface area contributed by atoms with Gasteiger partial charge in [0.15, 0.2) is 17.3 Å². The molecule has 2 aromatic rings. The van der Waals surface area contributed by atoms with Gasteiger partial charge in [0.1, 0.15) is 6.61 Å². The maximum Gasteiger partial charge on any atom is 0.174 e. The third-order valence-electron chi connectivity index (χ3n) is 2.77. The van der Waals surface area contributed by atoms with E-state index in [1.807, 2.05) is 19.1 Å². The molecular weight excluding hydrogens is 280 g/mol. The van der Waals surface area contributed by atoms with Crippen LogP contribution < -0.4 is 15.2 Å². The summed E-state index contributed by atoms with van der Waals surface area (Å²) in [4.78, 5) is 0. The van der Waals surface area contributed by atoms with Crippen LogP contribution in [0.25, 0.3) is 0 Å². The largest absolute Gasteiger partial charge is 0.493 e. The van der Waals surface area contributed by atoms with Gasteiger partial charge in [-0.2, -0.15) is 0 Å². The molecule has 0 aliphatic carbocycles. The van der Waals surface area contributed by atoms with Gasteiger partial charge >= 0.3 is 0 Å². The number of aromatic nitrogens is 1. The summed E-state index contributed by atoms with van der Waals surface area (Å²) in [5, 5.41) is 4.41. The first-order chi connectivity index (χ1) is 9.63. The lowest BCUT2D eigenvalue weighted by molar-refractivity contribution is 0.237. The zero-order valence-electron chi connectivity index (χ0n) is 11.5. The summed E-state index contributed by atoms with van der Waals surface area (Å²) >= 11 is 6.05. The van der Waals surface area contributed by atoms with Crippen molar-refractivity contribution in [1.29, 1.82) is 0 Å². The Hall–Kier alpha value is -1.72. The van der Waals surface area contributed by atoms with Crippen LogP contribution in [0, 0.1) is 6.92 Å². The summed E-state index contributed by atoms with van der Waals surface area (Å²) in [6.07, 6.45) is 0.654. The summed E-state index contributed by atoms with van der Waals surface area (Å²) in [5.74, 6) is 1.87. The summed E-state index contributed by atoms with van der Waals surface area (Å²) in [5.41, 5.74) is 7.34. The van der Waals surface area contributed by atoms with Crippen molar-refractivity contribution in [2.75, 3.05) is 13.7 Å². The number of halogens is 1. The fraction of sp³-hybridized carbons (Fsp3) is 0.357. The van der Waals surface area contributed by atoms with Crippen LogP contribution in [-0.4, -0.2) is 18.8 Å². The summed E-state index contributed by atoms with van der Waals surface area (Å²) in [7, 11) is 1.57. The van der Waals surface area contributed by atoms with Crippen LogP contribution in [0.1, 0.15) is 17.0 Å². The lowest BCUT2D eigenvalue weighted by atomic mass is 10.1. The van der Waals surface area contributed by atoms with Crippen LogP contribution >= 0.6 is 11.6 Å². The van der Waals surface area contributed by atoms with Crippen molar-refractivity contribution in [2.45, 2.75) is 20.0 Å². The van der Waals surface area contributed by atoms with E-state index >= 15 is 0 Å². The zero-order valence-corrected chi connectivity index (χ0v) is 12.2. The Bertz CT molecular complexity index is 584. The van der Waals surface area contributed by atoms with E-state index in [-0.39, 0.29) is 6.61 Å². The molecule has 0 aliphatic rings. The number of rotatable bonds is 6. The number of nitrogens with zero attached hydrogens (tertiary/aromatic N) is 1. The van der Waals surface area contributed by atoms with Crippen LogP contribution in [0.4, 0.5) is 0 Å². The molecule has 0 fully saturated rings. The highest BCUT2D eigenvalue weighted by Crippen LogP contribution is 2.35. The van der Waals surface area contributed by atoms with Crippen molar-refractivity contribution in [3.05, 3.63) is 40.2 Å². The minimum Gasteiger partial charge on any atom is -0.493 e. The highest BCUT2D eigenvalue weighted by atomic mass is 35.5. The second-order valence-electron chi connectivity index (χ2n) is 4.36. The smallest absolute Gasteiger partial charge is 0.174 e. The summed E-state index contributed by atoms with van der Waals surface area (Å²) in [6, 6.07) is 5.37. The molecule has 0 radical (unpaired) electrons. The molecule has 0 unspecified atom stereocenters. The zero-order chi connectivity index (χ0) is 14.5. The first-order valence-electron chi connectivity index (χ1n) is 6.25. The van der Waals surface area contributed by atoms with Gasteiger partial charge in [0, 0.05) is 22.7 Å². The first kappa shape index (κ1) is 14.7. The van der Waals surface area contributed by atoms with Crippen LogP contribution in [-0.2, 0) is 13.0 Å². The number of hydrogen-bond donors (Lipinski definition) is 1. The molecular formula is C14H17ClN2O3. The molecule has 2 rings (SSSR count). The van der Waals surface area contributed by atoms with Gasteiger partial charge in [-0.05, 0) is 26.0 Å². The molecule has 2 N–H and O–H groups in total. The van der Waals surface area contributed by atoms with Crippen LogP contribution in [0.2, 0.25) is 5.02 Å². The third kappa shape index (κ3) is 3.43. The molecule has 0 saturated heterocycles. The standard InChI is InChI=1S/C14H17ClN2O3/c1-9-5-12(20-17-9)8-19-14-10(3-4-16)6-11(15)7-13(14)18-2/h5-7H,3-4,8,16H2,1-2H3. The Kier molecular flexibility index (Phi) is 4.87. The topological polar surface area (TPSA) is 70.5 Å². The number of nitrogens with two attached hydrogens (primary N) is 1. The summed E-state index contributed by atoms with van der Waals surface area (Å²) < 4.78 is 16.2.